The van der Waals surface area contributed by atoms with E-state index in [-0.39, 0.29) is 24.4 Å². The standard InChI is InChI=1S/C18H25N3O3/c1-6-15-12(3)13-8-7-9-14(17(13)24-15)20-18(23)21(5)11(2)10-16(22)19-4/h7-9,11H,6,10H2,1-5H3,(H,19,22)(H,20,23)/t11-/m1/s1. The van der Waals surface area contributed by atoms with E-state index in [2.05, 4.69) is 10.6 Å². The van der Waals surface area contributed by atoms with Crippen LogP contribution >= 0.6 is 0 Å². The van der Waals surface area contributed by atoms with E-state index in [0.29, 0.717) is 11.3 Å². The molecule has 0 saturated carbocycles. The van der Waals surface area contributed by atoms with Crippen molar-refractivity contribution < 1.29 is 14.0 Å². The van der Waals surface area contributed by atoms with Gasteiger partial charge in [-0.05, 0) is 25.5 Å². The first-order valence-electron chi connectivity index (χ1n) is 8.14. The number of urea groups is 1. The van der Waals surface area contributed by atoms with Crippen molar-refractivity contribution in [2.24, 2.45) is 0 Å². The van der Waals surface area contributed by atoms with Crippen molar-refractivity contribution in [2.45, 2.75) is 39.7 Å². The second-order valence-corrected chi connectivity index (χ2v) is 5.95. The van der Waals surface area contributed by atoms with Gasteiger partial charge in [0.1, 0.15) is 5.76 Å². The van der Waals surface area contributed by atoms with Crippen LogP contribution < -0.4 is 10.6 Å². The third kappa shape index (κ3) is 3.53. The van der Waals surface area contributed by atoms with Crippen molar-refractivity contribution in [1.29, 1.82) is 0 Å². The Morgan fingerprint density at radius 1 is 1.33 bits per heavy atom. The van der Waals surface area contributed by atoms with Crippen molar-refractivity contribution in [3.63, 3.8) is 0 Å². The number of aryl methyl sites for hydroxylation is 2. The van der Waals surface area contributed by atoms with E-state index in [4.69, 9.17) is 4.42 Å². The number of carbonyl (C=O) groups is 2. The smallest absolute Gasteiger partial charge is 0.321 e. The Hall–Kier alpha value is -2.50. The molecule has 6 nitrogen and oxygen atoms in total. The first-order valence-corrected chi connectivity index (χ1v) is 8.14. The van der Waals surface area contributed by atoms with Gasteiger partial charge in [-0.2, -0.15) is 0 Å². The summed E-state index contributed by atoms with van der Waals surface area (Å²) in [7, 11) is 3.26. The lowest BCUT2D eigenvalue weighted by atomic mass is 10.1. The number of fused-ring (bicyclic) bond motifs is 1. The number of para-hydroxylation sites is 1. The first kappa shape index (κ1) is 17.8. The molecule has 0 bridgehead atoms. The topological polar surface area (TPSA) is 74.6 Å². The van der Waals surface area contributed by atoms with E-state index >= 15 is 0 Å². The number of amides is 3. The fourth-order valence-electron chi connectivity index (χ4n) is 2.64. The summed E-state index contributed by atoms with van der Waals surface area (Å²) in [5, 5.41) is 6.45. The number of carbonyl (C=O) groups excluding carboxylic acids is 2. The van der Waals surface area contributed by atoms with Gasteiger partial charge in [0.2, 0.25) is 5.91 Å². The molecule has 0 unspecified atom stereocenters. The zero-order valence-electron chi connectivity index (χ0n) is 14.9. The van der Waals surface area contributed by atoms with Crippen molar-refractivity contribution in [3.05, 3.63) is 29.5 Å². The summed E-state index contributed by atoms with van der Waals surface area (Å²) < 4.78 is 5.90. The van der Waals surface area contributed by atoms with Gasteiger partial charge < -0.3 is 20.0 Å². The number of furan rings is 1. The molecular formula is C18H25N3O3. The highest BCUT2D eigenvalue weighted by Crippen LogP contribution is 2.31. The van der Waals surface area contributed by atoms with E-state index in [1.54, 1.807) is 14.1 Å². The van der Waals surface area contributed by atoms with Crippen LogP contribution in [-0.4, -0.2) is 37.0 Å². The molecule has 24 heavy (non-hydrogen) atoms. The minimum atomic E-state index is -0.272. The molecule has 2 N–H and O–H groups in total. The van der Waals surface area contributed by atoms with Gasteiger partial charge in [0.15, 0.2) is 5.58 Å². The van der Waals surface area contributed by atoms with Gasteiger partial charge in [0.25, 0.3) is 0 Å². The molecule has 1 aromatic heterocycles. The van der Waals surface area contributed by atoms with Gasteiger partial charge in [0, 0.05) is 38.4 Å². The number of benzene rings is 1. The third-order valence-electron chi connectivity index (χ3n) is 4.37. The van der Waals surface area contributed by atoms with E-state index in [0.717, 1.165) is 23.1 Å². The van der Waals surface area contributed by atoms with Gasteiger partial charge in [-0.3, -0.25) is 4.79 Å². The third-order valence-corrected chi connectivity index (χ3v) is 4.37. The number of hydrogen-bond acceptors (Lipinski definition) is 3. The highest BCUT2D eigenvalue weighted by atomic mass is 16.3. The van der Waals surface area contributed by atoms with Gasteiger partial charge >= 0.3 is 6.03 Å². The quantitative estimate of drug-likeness (QED) is 0.883. The molecule has 2 aromatic rings. The minimum Gasteiger partial charge on any atom is -0.459 e. The summed E-state index contributed by atoms with van der Waals surface area (Å²) in [5.41, 5.74) is 2.43. The van der Waals surface area contributed by atoms with Crippen molar-refractivity contribution in [2.75, 3.05) is 19.4 Å². The second kappa shape index (κ2) is 7.38. The Morgan fingerprint density at radius 2 is 2.04 bits per heavy atom. The first-order chi connectivity index (χ1) is 11.4. The van der Waals surface area contributed by atoms with Crippen LogP contribution in [0.5, 0.6) is 0 Å². The van der Waals surface area contributed by atoms with E-state index in [1.165, 1.54) is 4.90 Å². The average molecular weight is 331 g/mol. The van der Waals surface area contributed by atoms with E-state index < -0.39 is 0 Å². The van der Waals surface area contributed by atoms with Crippen molar-refractivity contribution >= 4 is 28.6 Å². The highest BCUT2D eigenvalue weighted by molar-refractivity contribution is 6.00. The number of nitrogens with zero attached hydrogens (tertiary/aromatic N) is 1. The highest BCUT2D eigenvalue weighted by Gasteiger charge is 2.20. The molecule has 130 valence electrons. The predicted molar refractivity (Wildman–Crippen MR) is 95.3 cm³/mol. The van der Waals surface area contributed by atoms with Crippen LogP contribution in [0.25, 0.3) is 11.0 Å². The molecule has 0 saturated heterocycles. The Balaban J connectivity index is 2.20. The summed E-state index contributed by atoms with van der Waals surface area (Å²) in [6.45, 7) is 5.90. The fraction of sp³-hybridized carbons (Fsp3) is 0.444. The lowest BCUT2D eigenvalue weighted by Crippen LogP contribution is -2.40. The number of hydrogen-bond donors (Lipinski definition) is 2. The van der Waals surface area contributed by atoms with Crippen molar-refractivity contribution in [1.82, 2.24) is 10.2 Å². The molecule has 0 aliphatic carbocycles. The molecule has 1 aromatic carbocycles. The van der Waals surface area contributed by atoms with Gasteiger partial charge in [-0.1, -0.05) is 19.1 Å². The van der Waals surface area contributed by atoms with Crippen LogP contribution in [0, 0.1) is 6.92 Å². The van der Waals surface area contributed by atoms with Crippen LogP contribution in [0.2, 0.25) is 0 Å². The SMILES string of the molecule is CCc1oc2c(NC(=O)N(C)[C@H](C)CC(=O)NC)cccc2c1C. The lowest BCUT2D eigenvalue weighted by molar-refractivity contribution is -0.121. The second-order valence-electron chi connectivity index (χ2n) is 5.95. The number of anilines is 1. The Kier molecular flexibility index (Phi) is 5.49. The zero-order chi connectivity index (χ0) is 17.9. The normalized spacial score (nSPS) is 12.0. The molecule has 0 radical (unpaired) electrons. The number of rotatable bonds is 5. The molecule has 0 aliphatic rings. The van der Waals surface area contributed by atoms with Gasteiger partial charge in [-0.15, -0.1) is 0 Å². The van der Waals surface area contributed by atoms with Crippen molar-refractivity contribution in [3.8, 4) is 0 Å². The number of nitrogens with one attached hydrogen (secondary N) is 2. The minimum absolute atomic E-state index is 0.0986. The zero-order valence-corrected chi connectivity index (χ0v) is 14.9. The molecule has 6 heteroatoms. The van der Waals surface area contributed by atoms with E-state index in [1.807, 2.05) is 39.0 Å². The summed E-state index contributed by atoms with van der Waals surface area (Å²) in [4.78, 5) is 25.5. The van der Waals surface area contributed by atoms with Gasteiger partial charge in [-0.25, -0.2) is 4.79 Å². The molecule has 0 aliphatic heterocycles. The maximum absolute atomic E-state index is 12.5. The Labute approximate surface area is 142 Å². The van der Waals surface area contributed by atoms with Crippen LogP contribution in [0.15, 0.2) is 22.6 Å². The monoisotopic (exact) mass is 331 g/mol. The molecule has 0 spiro atoms. The van der Waals surface area contributed by atoms with Crippen LogP contribution in [0.4, 0.5) is 10.5 Å². The summed E-state index contributed by atoms with van der Waals surface area (Å²) in [5.74, 6) is 0.825. The maximum atomic E-state index is 12.5. The maximum Gasteiger partial charge on any atom is 0.321 e. The Morgan fingerprint density at radius 3 is 2.67 bits per heavy atom. The summed E-state index contributed by atoms with van der Waals surface area (Å²) in [6, 6.07) is 5.22. The molecule has 1 atom stereocenters. The largest absolute Gasteiger partial charge is 0.459 e. The van der Waals surface area contributed by atoms with Crippen LogP contribution in [0.1, 0.15) is 31.6 Å². The Bertz CT molecular complexity index is 751. The molecule has 1 heterocycles. The molecular weight excluding hydrogens is 306 g/mol. The van der Waals surface area contributed by atoms with Gasteiger partial charge in [0.05, 0.1) is 5.69 Å². The molecule has 2 rings (SSSR count). The van der Waals surface area contributed by atoms with Crippen LogP contribution in [-0.2, 0) is 11.2 Å². The lowest BCUT2D eigenvalue weighted by Gasteiger charge is -2.24. The molecule has 0 fully saturated rings. The predicted octanol–water partition coefficient (Wildman–Crippen LogP) is 3.29. The fourth-order valence-corrected chi connectivity index (χ4v) is 2.64. The molecule has 3 amide bonds. The summed E-state index contributed by atoms with van der Waals surface area (Å²) in [6.07, 6.45) is 1.06. The van der Waals surface area contributed by atoms with Crippen LogP contribution in [0.3, 0.4) is 0 Å². The average Bonchev–Trinajstić information content (AvgIpc) is 2.91. The summed E-state index contributed by atoms with van der Waals surface area (Å²) >= 11 is 0. The van der Waals surface area contributed by atoms with E-state index in [9.17, 15) is 9.59 Å².